The Labute approximate surface area is 112 Å². The van der Waals surface area contributed by atoms with Gasteiger partial charge in [-0.1, -0.05) is 19.9 Å². The molecule has 0 aromatic heterocycles. The van der Waals surface area contributed by atoms with Crippen LogP contribution in [0.2, 0.25) is 0 Å². The number of methoxy groups -OCH3 is 1. The molecule has 1 rings (SSSR count). The van der Waals surface area contributed by atoms with Crippen LogP contribution in [0.15, 0.2) is 29.2 Å². The first-order valence-electron chi connectivity index (χ1n) is 5.67. The van der Waals surface area contributed by atoms with E-state index in [2.05, 4.69) is 9.46 Å². The summed E-state index contributed by atoms with van der Waals surface area (Å²) in [4.78, 5) is 11.4. The maximum atomic E-state index is 12.1. The Hall–Kier alpha value is -1.60. The summed E-state index contributed by atoms with van der Waals surface area (Å²) < 4.78 is 31.0. The monoisotopic (exact) mass is 287 g/mol. The molecule has 1 unspecified atom stereocenters. The Morgan fingerprint density at radius 2 is 2.00 bits per heavy atom. The Balaban J connectivity index is 3.04. The number of aromatic hydroxyl groups is 1. The molecular weight excluding hydrogens is 270 g/mol. The van der Waals surface area contributed by atoms with E-state index in [-0.39, 0.29) is 16.6 Å². The van der Waals surface area contributed by atoms with Crippen LogP contribution in [0.3, 0.4) is 0 Å². The lowest BCUT2D eigenvalue weighted by atomic mass is 10.1. The first kappa shape index (κ1) is 15.5. The summed E-state index contributed by atoms with van der Waals surface area (Å²) >= 11 is 0. The molecule has 7 heteroatoms. The van der Waals surface area contributed by atoms with Crippen LogP contribution in [0.5, 0.6) is 5.75 Å². The third-order valence-corrected chi connectivity index (χ3v) is 3.97. The minimum atomic E-state index is -3.89. The number of phenolic OH excluding ortho intramolecular Hbond substituents is 1. The molecule has 106 valence electrons. The van der Waals surface area contributed by atoms with E-state index in [0.29, 0.717) is 0 Å². The molecular formula is C12H17NO5S. The molecule has 1 aromatic carbocycles. The van der Waals surface area contributed by atoms with Crippen LogP contribution in [0.1, 0.15) is 13.8 Å². The van der Waals surface area contributed by atoms with Crippen molar-refractivity contribution in [3.63, 3.8) is 0 Å². The molecule has 0 saturated heterocycles. The van der Waals surface area contributed by atoms with Gasteiger partial charge < -0.3 is 9.84 Å². The number of phenols is 1. The van der Waals surface area contributed by atoms with Gasteiger partial charge in [0.2, 0.25) is 10.0 Å². The summed E-state index contributed by atoms with van der Waals surface area (Å²) in [7, 11) is -2.70. The number of esters is 1. The van der Waals surface area contributed by atoms with Gasteiger partial charge in [-0.25, -0.2) is 8.42 Å². The molecule has 0 aliphatic carbocycles. The number of hydrogen-bond donors (Lipinski definition) is 2. The summed E-state index contributed by atoms with van der Waals surface area (Å²) in [6.45, 7) is 3.40. The molecule has 19 heavy (non-hydrogen) atoms. The van der Waals surface area contributed by atoms with Crippen molar-refractivity contribution in [2.75, 3.05) is 7.11 Å². The van der Waals surface area contributed by atoms with Crippen molar-refractivity contribution >= 4 is 16.0 Å². The second-order valence-corrected chi connectivity index (χ2v) is 6.08. The Morgan fingerprint density at radius 1 is 1.37 bits per heavy atom. The smallest absolute Gasteiger partial charge is 0.324 e. The number of ether oxygens (including phenoxy) is 1. The lowest BCUT2D eigenvalue weighted by molar-refractivity contribution is -0.143. The zero-order chi connectivity index (χ0) is 14.6. The topological polar surface area (TPSA) is 92.7 Å². The van der Waals surface area contributed by atoms with Crippen molar-refractivity contribution in [2.45, 2.75) is 24.8 Å². The van der Waals surface area contributed by atoms with Gasteiger partial charge >= 0.3 is 5.97 Å². The van der Waals surface area contributed by atoms with Gasteiger partial charge in [0.15, 0.2) is 0 Å². The van der Waals surface area contributed by atoms with E-state index in [9.17, 15) is 18.3 Å². The van der Waals surface area contributed by atoms with Gasteiger partial charge in [-0.05, 0) is 24.1 Å². The predicted molar refractivity (Wildman–Crippen MR) is 69.1 cm³/mol. The van der Waals surface area contributed by atoms with E-state index in [1.54, 1.807) is 13.8 Å². The van der Waals surface area contributed by atoms with Gasteiger partial charge in [-0.15, -0.1) is 0 Å². The Morgan fingerprint density at radius 3 is 2.47 bits per heavy atom. The van der Waals surface area contributed by atoms with Crippen LogP contribution in [0, 0.1) is 5.92 Å². The third-order valence-electron chi connectivity index (χ3n) is 2.53. The van der Waals surface area contributed by atoms with E-state index in [1.807, 2.05) is 0 Å². The molecule has 2 N–H and O–H groups in total. The normalized spacial score (nSPS) is 13.3. The van der Waals surface area contributed by atoms with Crippen LogP contribution in [-0.4, -0.2) is 32.6 Å². The van der Waals surface area contributed by atoms with Crippen LogP contribution in [-0.2, 0) is 19.6 Å². The molecule has 6 nitrogen and oxygen atoms in total. The number of nitrogens with one attached hydrogen (secondary N) is 1. The average molecular weight is 287 g/mol. The minimum Gasteiger partial charge on any atom is -0.508 e. The molecule has 0 aliphatic rings. The summed E-state index contributed by atoms with van der Waals surface area (Å²) in [5.74, 6) is -1.08. The highest BCUT2D eigenvalue weighted by molar-refractivity contribution is 7.89. The van der Waals surface area contributed by atoms with Crippen molar-refractivity contribution in [3.8, 4) is 5.75 Å². The van der Waals surface area contributed by atoms with Crippen LogP contribution >= 0.6 is 0 Å². The Kier molecular flexibility index (Phi) is 4.90. The fourth-order valence-corrected chi connectivity index (χ4v) is 2.84. The highest BCUT2D eigenvalue weighted by Gasteiger charge is 2.29. The van der Waals surface area contributed by atoms with Gasteiger partial charge in [0.25, 0.3) is 0 Å². The van der Waals surface area contributed by atoms with Gasteiger partial charge in [0, 0.05) is 0 Å². The molecule has 0 amide bonds. The Bertz CT molecular complexity index is 553. The maximum Gasteiger partial charge on any atom is 0.324 e. The van der Waals surface area contributed by atoms with E-state index < -0.39 is 22.0 Å². The molecule has 0 aliphatic heterocycles. The quantitative estimate of drug-likeness (QED) is 0.784. The highest BCUT2D eigenvalue weighted by Crippen LogP contribution is 2.17. The molecule has 0 spiro atoms. The fourth-order valence-electron chi connectivity index (χ4n) is 1.47. The van der Waals surface area contributed by atoms with Gasteiger partial charge in [-0.3, -0.25) is 4.79 Å². The summed E-state index contributed by atoms with van der Waals surface area (Å²) in [6, 6.07) is 4.23. The van der Waals surface area contributed by atoms with Gasteiger partial charge in [-0.2, -0.15) is 4.72 Å². The predicted octanol–water partition coefficient (Wildman–Crippen LogP) is 0.868. The fraction of sp³-hybridized carbons (Fsp3) is 0.417. The average Bonchev–Trinajstić information content (AvgIpc) is 2.35. The van der Waals surface area contributed by atoms with Gasteiger partial charge in [0.05, 0.1) is 12.0 Å². The van der Waals surface area contributed by atoms with Crippen molar-refractivity contribution in [1.29, 1.82) is 0 Å². The van der Waals surface area contributed by atoms with E-state index in [0.717, 1.165) is 6.07 Å². The third kappa shape index (κ3) is 3.93. The second kappa shape index (κ2) is 6.03. The number of benzene rings is 1. The molecule has 1 atom stereocenters. The number of rotatable bonds is 5. The maximum absolute atomic E-state index is 12.1. The number of carbonyl (C=O) groups excluding carboxylic acids is 1. The van der Waals surface area contributed by atoms with Crippen molar-refractivity contribution in [1.82, 2.24) is 4.72 Å². The molecule has 1 aromatic rings. The minimum absolute atomic E-state index is 0.109. The first-order chi connectivity index (χ1) is 8.77. The summed E-state index contributed by atoms with van der Waals surface area (Å²) in [5.41, 5.74) is 0. The van der Waals surface area contributed by atoms with Crippen molar-refractivity contribution in [3.05, 3.63) is 24.3 Å². The van der Waals surface area contributed by atoms with Crippen LogP contribution in [0.4, 0.5) is 0 Å². The lowest BCUT2D eigenvalue weighted by Crippen LogP contribution is -2.44. The molecule has 0 saturated carbocycles. The molecule has 0 radical (unpaired) electrons. The first-order valence-corrected chi connectivity index (χ1v) is 7.15. The zero-order valence-corrected chi connectivity index (χ0v) is 11.8. The lowest BCUT2D eigenvalue weighted by Gasteiger charge is -2.19. The van der Waals surface area contributed by atoms with E-state index in [1.165, 1.54) is 25.3 Å². The van der Waals surface area contributed by atoms with Crippen molar-refractivity contribution < 1.29 is 23.1 Å². The van der Waals surface area contributed by atoms with E-state index in [4.69, 9.17) is 0 Å². The number of carbonyl (C=O) groups is 1. The molecule has 0 bridgehead atoms. The van der Waals surface area contributed by atoms with E-state index >= 15 is 0 Å². The second-order valence-electron chi connectivity index (χ2n) is 4.36. The highest BCUT2D eigenvalue weighted by atomic mass is 32.2. The summed E-state index contributed by atoms with van der Waals surface area (Å²) in [5, 5.41) is 9.29. The van der Waals surface area contributed by atoms with Gasteiger partial charge in [0.1, 0.15) is 11.8 Å². The molecule has 0 fully saturated rings. The zero-order valence-electron chi connectivity index (χ0n) is 11.0. The summed E-state index contributed by atoms with van der Waals surface area (Å²) in [6.07, 6.45) is 0. The molecule has 0 heterocycles. The number of sulfonamides is 1. The van der Waals surface area contributed by atoms with Crippen molar-refractivity contribution in [2.24, 2.45) is 5.92 Å². The standard InChI is InChI=1S/C12H17NO5S/c1-8(2)11(12(15)18-3)13-19(16,17)10-6-4-5-9(14)7-10/h4-8,11,13-14H,1-3H3. The number of hydrogen-bond acceptors (Lipinski definition) is 5. The SMILES string of the molecule is COC(=O)C(NS(=O)(=O)c1cccc(O)c1)C(C)C. The van der Waals surface area contributed by atoms with Crippen LogP contribution in [0.25, 0.3) is 0 Å². The largest absolute Gasteiger partial charge is 0.508 e. The van der Waals surface area contributed by atoms with Crippen LogP contribution < -0.4 is 4.72 Å².